The smallest absolute Gasteiger partial charge is 0.347 e. The molecule has 0 bridgehead atoms. The molecule has 3 rings (SSSR count). The Morgan fingerprint density at radius 2 is 1.85 bits per heavy atom. The number of benzene rings is 2. The Bertz CT molecular complexity index is 1160. The van der Waals surface area contributed by atoms with E-state index < -0.39 is 30.2 Å². The van der Waals surface area contributed by atoms with Gasteiger partial charge in [0.1, 0.15) is 17.1 Å². The largest absolute Gasteiger partial charge is 0.426 e. The molecule has 0 saturated carbocycles. The number of carbonyl (C=O) groups is 3. The van der Waals surface area contributed by atoms with Crippen LogP contribution in [0.3, 0.4) is 0 Å². The molecule has 1 atom stereocenters. The molecule has 0 aliphatic carbocycles. The third-order valence-electron chi connectivity index (χ3n) is 5.14. The van der Waals surface area contributed by atoms with E-state index in [4.69, 9.17) is 18.4 Å². The molecule has 210 valence electrons. The number of morpholine rings is 1. The fourth-order valence-corrected chi connectivity index (χ4v) is 6.87. The second kappa shape index (κ2) is 15.3. The van der Waals surface area contributed by atoms with Crippen LogP contribution in [0.5, 0.6) is 11.5 Å². The molecule has 39 heavy (non-hydrogen) atoms. The van der Waals surface area contributed by atoms with Gasteiger partial charge < -0.3 is 28.5 Å². The summed E-state index contributed by atoms with van der Waals surface area (Å²) in [5, 5.41) is 12.9. The lowest BCUT2D eigenvalue weighted by atomic mass is 10.1. The van der Waals surface area contributed by atoms with Gasteiger partial charge in [-0.1, -0.05) is 0 Å². The summed E-state index contributed by atoms with van der Waals surface area (Å²) in [5.41, 5.74) is 0.176. The summed E-state index contributed by atoms with van der Waals surface area (Å²) >= 11 is 1.38. The molecular weight excluding hydrogens is 553 g/mol. The zero-order valence-electron chi connectivity index (χ0n) is 21.3. The van der Waals surface area contributed by atoms with Crippen molar-refractivity contribution in [1.29, 1.82) is 0 Å². The lowest BCUT2D eigenvalue weighted by Crippen LogP contribution is -2.34. The molecule has 1 aliphatic heterocycles. The highest BCUT2D eigenvalue weighted by Crippen LogP contribution is 2.52. The Balaban J connectivity index is 1.70. The Labute approximate surface area is 229 Å². The summed E-state index contributed by atoms with van der Waals surface area (Å²) in [6.45, 7) is 3.86. The molecule has 1 heterocycles. The van der Waals surface area contributed by atoms with Crippen LogP contribution in [-0.2, 0) is 23.3 Å². The Morgan fingerprint density at radius 1 is 1.13 bits per heavy atom. The van der Waals surface area contributed by atoms with Gasteiger partial charge in [-0.3, -0.25) is 14.3 Å². The van der Waals surface area contributed by atoms with E-state index in [-0.39, 0.29) is 42.2 Å². The summed E-state index contributed by atoms with van der Waals surface area (Å²) in [6.07, 6.45) is 0.0832. The number of hydrogen-bond donors (Lipinski definition) is 1. The van der Waals surface area contributed by atoms with Gasteiger partial charge in [0, 0.05) is 49.1 Å². The van der Waals surface area contributed by atoms with Gasteiger partial charge in [-0.25, -0.2) is 4.79 Å². The number of nitrogens with zero attached hydrogens (tertiary/aromatic N) is 2. The summed E-state index contributed by atoms with van der Waals surface area (Å²) in [4.78, 5) is 51.2. The van der Waals surface area contributed by atoms with E-state index in [0.29, 0.717) is 13.2 Å². The first kappa shape index (κ1) is 30.3. The monoisotopic (exact) mass is 581 g/mol. The van der Waals surface area contributed by atoms with Gasteiger partial charge in [0.2, 0.25) is 5.91 Å². The fourth-order valence-electron chi connectivity index (χ4n) is 3.47. The summed E-state index contributed by atoms with van der Waals surface area (Å²) in [5.74, 6) is -1.63. The van der Waals surface area contributed by atoms with Gasteiger partial charge in [-0.15, -0.1) is 10.1 Å². The number of anilines is 1. The number of ether oxygens (including phenoxy) is 3. The number of carbonyl (C=O) groups excluding carboxylic acids is 3. The van der Waals surface area contributed by atoms with Crippen LogP contribution < -0.4 is 20.1 Å². The van der Waals surface area contributed by atoms with Crippen LogP contribution in [0.15, 0.2) is 42.5 Å². The minimum Gasteiger partial charge on any atom is -0.426 e. The van der Waals surface area contributed by atoms with Gasteiger partial charge in [0.15, 0.2) is 0 Å². The van der Waals surface area contributed by atoms with Crippen molar-refractivity contribution in [3.05, 3.63) is 58.1 Å². The van der Waals surface area contributed by atoms with Crippen molar-refractivity contribution in [2.75, 3.05) is 45.3 Å². The van der Waals surface area contributed by atoms with E-state index in [2.05, 4.69) is 14.8 Å². The van der Waals surface area contributed by atoms with Crippen molar-refractivity contribution in [1.82, 2.24) is 4.67 Å². The first-order valence-electron chi connectivity index (χ1n) is 11.8. The van der Waals surface area contributed by atoms with Crippen molar-refractivity contribution in [3.63, 3.8) is 0 Å². The first-order chi connectivity index (χ1) is 18.8. The second-order valence-electron chi connectivity index (χ2n) is 7.98. The quantitative estimate of drug-likeness (QED) is 0.0701. The second-order valence-corrected chi connectivity index (χ2v) is 11.6. The predicted molar refractivity (Wildman–Crippen MR) is 144 cm³/mol. The minimum atomic E-state index is -0.932. The van der Waals surface area contributed by atoms with Crippen LogP contribution in [0.4, 0.5) is 5.69 Å². The van der Waals surface area contributed by atoms with Gasteiger partial charge in [0.25, 0.3) is 5.09 Å². The van der Waals surface area contributed by atoms with Crippen LogP contribution >= 0.6 is 18.9 Å². The molecule has 2 aromatic rings. The van der Waals surface area contributed by atoms with E-state index in [1.165, 1.54) is 36.8 Å². The SMILES string of the molecule is COSP(c1ccc(OC(=O)c2cc(NC(=O)CCCO[N+](=O)[O-])ccc2OC(C)=O)cc1)N1CCOCC1. The lowest BCUT2D eigenvalue weighted by Gasteiger charge is -2.32. The molecule has 1 fully saturated rings. The molecule has 1 amide bonds. The zero-order chi connectivity index (χ0) is 28.2. The van der Waals surface area contributed by atoms with Crippen molar-refractivity contribution < 1.29 is 42.7 Å². The van der Waals surface area contributed by atoms with Crippen molar-refractivity contribution >= 4 is 47.8 Å². The molecule has 13 nitrogen and oxygen atoms in total. The maximum Gasteiger partial charge on any atom is 0.347 e. The number of nitrogens with one attached hydrogen (secondary N) is 1. The molecule has 15 heteroatoms. The van der Waals surface area contributed by atoms with E-state index in [9.17, 15) is 24.5 Å². The van der Waals surface area contributed by atoms with Crippen LogP contribution in [-0.4, -0.2) is 67.6 Å². The number of hydrogen-bond acceptors (Lipinski definition) is 12. The first-order valence-corrected chi connectivity index (χ1v) is 14.5. The third kappa shape index (κ3) is 9.75. The zero-order valence-corrected chi connectivity index (χ0v) is 23.0. The molecule has 1 saturated heterocycles. The number of esters is 2. The van der Waals surface area contributed by atoms with Crippen molar-refractivity contribution in [3.8, 4) is 11.5 Å². The minimum absolute atomic E-state index is 0.0335. The average Bonchev–Trinajstić information content (AvgIpc) is 2.91. The van der Waals surface area contributed by atoms with E-state index >= 15 is 0 Å². The normalized spacial score (nSPS) is 14.2. The highest BCUT2D eigenvalue weighted by molar-refractivity contribution is 8.54. The van der Waals surface area contributed by atoms with Crippen LogP contribution in [0, 0.1) is 10.1 Å². The predicted octanol–water partition coefficient (Wildman–Crippen LogP) is 3.32. The Hall–Kier alpha value is -3.29. The van der Waals surface area contributed by atoms with Crippen LogP contribution in [0.25, 0.3) is 0 Å². The summed E-state index contributed by atoms with van der Waals surface area (Å²) in [7, 11) is 0.804. The van der Waals surface area contributed by atoms with Crippen LogP contribution in [0.1, 0.15) is 30.1 Å². The van der Waals surface area contributed by atoms with Gasteiger partial charge in [-0.2, -0.15) is 0 Å². The standard InChI is InChI=1S/C24H28N3O10PS/c1-17(28)36-22-10-5-18(25-23(29)4-3-13-35-27(31)32)16-21(22)24(30)37-19-6-8-20(9-7-19)38(39-33-2)26-11-14-34-15-12-26/h5-10,16H,3-4,11-15H2,1-2H3,(H,25,29). The van der Waals surface area contributed by atoms with Crippen molar-refractivity contribution in [2.24, 2.45) is 0 Å². The maximum atomic E-state index is 13.0. The third-order valence-corrected chi connectivity index (χ3v) is 9.28. The van der Waals surface area contributed by atoms with E-state index in [0.717, 1.165) is 18.4 Å². The molecule has 1 unspecified atom stereocenters. The van der Waals surface area contributed by atoms with E-state index in [1.54, 1.807) is 19.2 Å². The Kier molecular flexibility index (Phi) is 11.9. The van der Waals surface area contributed by atoms with Gasteiger partial charge in [0.05, 0.1) is 34.2 Å². The number of rotatable bonds is 13. The van der Waals surface area contributed by atoms with Crippen LogP contribution in [0.2, 0.25) is 0 Å². The van der Waals surface area contributed by atoms with Gasteiger partial charge >= 0.3 is 11.9 Å². The van der Waals surface area contributed by atoms with Gasteiger partial charge in [-0.05, 0) is 48.9 Å². The van der Waals surface area contributed by atoms with E-state index in [1.807, 2.05) is 12.1 Å². The molecule has 0 radical (unpaired) electrons. The topological polar surface area (TPSA) is 156 Å². The molecule has 2 aromatic carbocycles. The summed E-state index contributed by atoms with van der Waals surface area (Å²) < 4.78 is 23.8. The number of amides is 1. The maximum absolute atomic E-state index is 13.0. The summed E-state index contributed by atoms with van der Waals surface area (Å²) in [6, 6.07) is 11.2. The molecule has 1 N–H and O–H groups in total. The Morgan fingerprint density at radius 3 is 2.49 bits per heavy atom. The molecule has 1 aliphatic rings. The molecular formula is C24H28N3O10PS. The van der Waals surface area contributed by atoms with Crippen molar-refractivity contribution in [2.45, 2.75) is 19.8 Å². The highest BCUT2D eigenvalue weighted by atomic mass is 32.7. The average molecular weight is 582 g/mol. The molecule has 0 aromatic heterocycles. The highest BCUT2D eigenvalue weighted by Gasteiger charge is 2.24. The lowest BCUT2D eigenvalue weighted by molar-refractivity contribution is -0.757. The molecule has 0 spiro atoms. The fraction of sp³-hybridized carbons (Fsp3) is 0.375.